The summed E-state index contributed by atoms with van der Waals surface area (Å²) in [7, 11) is -3.16. The summed E-state index contributed by atoms with van der Waals surface area (Å²) in [6.07, 6.45) is 2.27. The van der Waals surface area contributed by atoms with Gasteiger partial charge in [0, 0.05) is 30.3 Å². The standard InChI is InChI=1S/C24H31N3O3S/c1-2-31(28,29)25-19-15-27(16-19)20-9-10-24-22(14-20)21(13-18-7-4-3-5-8-18)23(17-30-24)26-11-6-12-26/h3-5,7-10,14,19,21,23,25H,2,6,11-13,15-17H2,1H3/t21-,23+/m1/s1. The number of fused-ring (bicyclic) bond motifs is 1. The largest absolute Gasteiger partial charge is 0.492 e. The first kappa shape index (κ1) is 20.8. The van der Waals surface area contributed by atoms with Gasteiger partial charge < -0.3 is 9.64 Å². The topological polar surface area (TPSA) is 61.9 Å². The quantitative estimate of drug-likeness (QED) is 0.716. The average Bonchev–Trinajstić information content (AvgIpc) is 2.71. The molecule has 166 valence electrons. The van der Waals surface area contributed by atoms with Gasteiger partial charge in [-0.15, -0.1) is 0 Å². The zero-order valence-electron chi connectivity index (χ0n) is 18.0. The minimum Gasteiger partial charge on any atom is -0.492 e. The number of hydrogen-bond acceptors (Lipinski definition) is 5. The third kappa shape index (κ3) is 4.31. The predicted molar refractivity (Wildman–Crippen MR) is 123 cm³/mol. The molecule has 3 aliphatic heterocycles. The maximum atomic E-state index is 11.8. The van der Waals surface area contributed by atoms with E-state index < -0.39 is 10.0 Å². The van der Waals surface area contributed by atoms with Gasteiger partial charge in [0.25, 0.3) is 0 Å². The number of nitrogens with one attached hydrogen (secondary N) is 1. The summed E-state index contributed by atoms with van der Waals surface area (Å²) in [6.45, 7) is 6.13. The van der Waals surface area contributed by atoms with E-state index in [0.29, 0.717) is 25.0 Å². The van der Waals surface area contributed by atoms with Gasteiger partial charge in [-0.2, -0.15) is 0 Å². The fourth-order valence-electron chi connectivity index (χ4n) is 4.90. The first-order valence-corrected chi connectivity index (χ1v) is 13.0. The monoisotopic (exact) mass is 441 g/mol. The third-order valence-electron chi connectivity index (χ3n) is 6.90. The van der Waals surface area contributed by atoms with Gasteiger partial charge in [0.15, 0.2) is 0 Å². The second-order valence-corrected chi connectivity index (χ2v) is 11.0. The van der Waals surface area contributed by atoms with Crippen molar-refractivity contribution in [2.75, 3.05) is 43.4 Å². The zero-order valence-corrected chi connectivity index (χ0v) is 18.9. The molecule has 0 radical (unpaired) electrons. The highest BCUT2D eigenvalue weighted by molar-refractivity contribution is 7.89. The Kier molecular flexibility index (Phi) is 5.67. The summed E-state index contributed by atoms with van der Waals surface area (Å²) in [5.41, 5.74) is 3.79. The molecule has 0 spiro atoms. The van der Waals surface area contributed by atoms with Crippen LogP contribution in [0.2, 0.25) is 0 Å². The number of sulfonamides is 1. The van der Waals surface area contributed by atoms with Crippen molar-refractivity contribution in [2.45, 2.75) is 37.8 Å². The molecule has 31 heavy (non-hydrogen) atoms. The fourth-order valence-corrected chi connectivity index (χ4v) is 5.72. The third-order valence-corrected chi connectivity index (χ3v) is 8.35. The molecule has 0 unspecified atom stereocenters. The van der Waals surface area contributed by atoms with E-state index in [1.807, 2.05) is 0 Å². The van der Waals surface area contributed by atoms with Crippen molar-refractivity contribution in [1.29, 1.82) is 0 Å². The molecule has 2 saturated heterocycles. The van der Waals surface area contributed by atoms with Crippen molar-refractivity contribution in [3.63, 3.8) is 0 Å². The molecule has 3 aliphatic rings. The summed E-state index contributed by atoms with van der Waals surface area (Å²) < 4.78 is 32.7. The highest BCUT2D eigenvalue weighted by Crippen LogP contribution is 2.41. The van der Waals surface area contributed by atoms with Crippen LogP contribution in [0.3, 0.4) is 0 Å². The molecular weight excluding hydrogens is 410 g/mol. The van der Waals surface area contributed by atoms with Gasteiger partial charge in [-0.1, -0.05) is 30.3 Å². The van der Waals surface area contributed by atoms with Crippen LogP contribution < -0.4 is 14.4 Å². The molecule has 0 saturated carbocycles. The number of rotatable bonds is 7. The first-order chi connectivity index (χ1) is 15.0. The molecule has 3 heterocycles. The zero-order chi connectivity index (χ0) is 21.4. The highest BCUT2D eigenvalue weighted by atomic mass is 32.2. The summed E-state index contributed by atoms with van der Waals surface area (Å²) in [5, 5.41) is 0. The Balaban J connectivity index is 1.37. The van der Waals surface area contributed by atoms with Crippen molar-refractivity contribution in [1.82, 2.24) is 9.62 Å². The van der Waals surface area contributed by atoms with Crippen LogP contribution in [-0.2, 0) is 16.4 Å². The van der Waals surface area contributed by atoms with Crippen molar-refractivity contribution in [3.05, 3.63) is 59.7 Å². The lowest BCUT2D eigenvalue weighted by Crippen LogP contribution is -2.59. The number of likely N-dealkylation sites (tertiary alicyclic amines) is 1. The van der Waals surface area contributed by atoms with Crippen molar-refractivity contribution >= 4 is 15.7 Å². The van der Waals surface area contributed by atoms with Crippen LogP contribution in [0.1, 0.15) is 30.4 Å². The van der Waals surface area contributed by atoms with E-state index >= 15 is 0 Å². The van der Waals surface area contributed by atoms with Crippen molar-refractivity contribution in [3.8, 4) is 5.75 Å². The molecule has 0 bridgehead atoms. The van der Waals surface area contributed by atoms with Crippen LogP contribution in [0.5, 0.6) is 5.75 Å². The lowest BCUT2D eigenvalue weighted by atomic mass is 9.82. The Morgan fingerprint density at radius 2 is 1.87 bits per heavy atom. The van der Waals surface area contributed by atoms with Crippen LogP contribution in [-0.4, -0.2) is 63.9 Å². The second-order valence-electron chi connectivity index (χ2n) is 8.91. The van der Waals surface area contributed by atoms with E-state index in [1.165, 1.54) is 17.5 Å². The van der Waals surface area contributed by atoms with E-state index in [4.69, 9.17) is 4.74 Å². The van der Waals surface area contributed by atoms with Gasteiger partial charge in [0.1, 0.15) is 12.4 Å². The number of nitrogens with zero attached hydrogens (tertiary/aromatic N) is 2. The van der Waals surface area contributed by atoms with E-state index in [0.717, 1.165) is 37.6 Å². The molecule has 2 fully saturated rings. The average molecular weight is 442 g/mol. The SMILES string of the molecule is CCS(=O)(=O)NC1CN(c2ccc3c(c2)[C@@H](Cc2ccccc2)[C@@H](N2CCC2)CO3)C1. The number of hydrogen-bond donors (Lipinski definition) is 1. The maximum absolute atomic E-state index is 11.8. The molecule has 0 aromatic heterocycles. The Bertz CT molecular complexity index is 1020. The minimum absolute atomic E-state index is 0.00816. The van der Waals surface area contributed by atoms with Crippen LogP contribution >= 0.6 is 0 Å². The van der Waals surface area contributed by atoms with E-state index in [2.05, 4.69) is 63.1 Å². The van der Waals surface area contributed by atoms with Gasteiger partial charge in [0.05, 0.1) is 17.8 Å². The van der Waals surface area contributed by atoms with Crippen LogP contribution in [0, 0.1) is 0 Å². The first-order valence-electron chi connectivity index (χ1n) is 11.3. The van der Waals surface area contributed by atoms with E-state index in [-0.39, 0.29) is 11.8 Å². The molecule has 0 aliphatic carbocycles. The summed E-state index contributed by atoms with van der Waals surface area (Å²) in [5.74, 6) is 1.51. The Hall–Kier alpha value is -2.09. The van der Waals surface area contributed by atoms with Gasteiger partial charge in [-0.25, -0.2) is 13.1 Å². The van der Waals surface area contributed by atoms with E-state index in [9.17, 15) is 8.42 Å². The predicted octanol–water partition coefficient (Wildman–Crippen LogP) is 2.61. The molecule has 7 heteroatoms. The normalized spacial score (nSPS) is 24.1. The van der Waals surface area contributed by atoms with Crippen LogP contribution in [0.4, 0.5) is 5.69 Å². The van der Waals surface area contributed by atoms with E-state index in [1.54, 1.807) is 6.92 Å². The molecule has 5 rings (SSSR count). The summed E-state index contributed by atoms with van der Waals surface area (Å²) in [6, 6.07) is 17.6. The Morgan fingerprint density at radius 1 is 1.10 bits per heavy atom. The smallest absolute Gasteiger partial charge is 0.211 e. The summed E-state index contributed by atoms with van der Waals surface area (Å²) in [4.78, 5) is 4.80. The maximum Gasteiger partial charge on any atom is 0.211 e. The van der Waals surface area contributed by atoms with Crippen LogP contribution in [0.25, 0.3) is 0 Å². The van der Waals surface area contributed by atoms with Crippen molar-refractivity contribution in [2.24, 2.45) is 0 Å². The lowest BCUT2D eigenvalue weighted by Gasteiger charge is -2.46. The minimum atomic E-state index is -3.16. The highest BCUT2D eigenvalue weighted by Gasteiger charge is 2.38. The Morgan fingerprint density at radius 3 is 2.55 bits per heavy atom. The molecule has 2 aromatic rings. The molecule has 1 N–H and O–H groups in total. The van der Waals surface area contributed by atoms with Gasteiger partial charge in [-0.3, -0.25) is 4.90 Å². The number of ether oxygens (including phenoxy) is 1. The number of benzene rings is 2. The second kappa shape index (κ2) is 8.45. The fraction of sp³-hybridized carbons (Fsp3) is 0.500. The molecule has 2 atom stereocenters. The van der Waals surface area contributed by atoms with Crippen LogP contribution in [0.15, 0.2) is 48.5 Å². The van der Waals surface area contributed by atoms with Gasteiger partial charge in [0.2, 0.25) is 10.0 Å². The molecular formula is C24H31N3O3S. The van der Waals surface area contributed by atoms with Crippen molar-refractivity contribution < 1.29 is 13.2 Å². The van der Waals surface area contributed by atoms with Gasteiger partial charge >= 0.3 is 0 Å². The molecule has 0 amide bonds. The molecule has 6 nitrogen and oxygen atoms in total. The molecule has 2 aromatic carbocycles. The summed E-state index contributed by atoms with van der Waals surface area (Å²) >= 11 is 0. The Labute approximate surface area is 185 Å². The van der Waals surface area contributed by atoms with Gasteiger partial charge in [-0.05, 0) is 56.6 Å². The lowest BCUT2D eigenvalue weighted by molar-refractivity contribution is 0.0502. The number of anilines is 1.